The van der Waals surface area contributed by atoms with E-state index in [1.807, 2.05) is 18.2 Å². The molecule has 8 heteroatoms. The highest BCUT2D eigenvalue weighted by molar-refractivity contribution is 9.10. The van der Waals surface area contributed by atoms with Gasteiger partial charge in [0, 0.05) is 22.3 Å². The smallest absolute Gasteiger partial charge is 0.347 e. The van der Waals surface area contributed by atoms with E-state index in [-0.39, 0.29) is 16.7 Å². The van der Waals surface area contributed by atoms with Gasteiger partial charge in [0.2, 0.25) is 0 Å². The summed E-state index contributed by atoms with van der Waals surface area (Å²) in [6, 6.07) is 7.84. The Bertz CT molecular complexity index is 1040. The van der Waals surface area contributed by atoms with Crippen molar-refractivity contribution >= 4 is 38.3 Å². The van der Waals surface area contributed by atoms with Crippen LogP contribution in [0.5, 0.6) is 0 Å². The number of H-pyrrole nitrogens is 1. The Morgan fingerprint density at radius 2 is 2.08 bits per heavy atom. The molecule has 0 saturated carbocycles. The third-order valence-electron chi connectivity index (χ3n) is 4.11. The molecule has 2 aromatic carbocycles. The third-order valence-corrected chi connectivity index (χ3v) is 4.86. The van der Waals surface area contributed by atoms with Crippen LogP contribution in [0.3, 0.4) is 0 Å². The van der Waals surface area contributed by atoms with Gasteiger partial charge in [-0.1, -0.05) is 22.0 Å². The molecular formula is C17H12BrF2N3O2. The van der Waals surface area contributed by atoms with Crippen LogP contribution >= 0.6 is 15.9 Å². The van der Waals surface area contributed by atoms with Crippen LogP contribution < -0.4 is 10.6 Å². The van der Waals surface area contributed by atoms with E-state index in [0.29, 0.717) is 19.8 Å². The average Bonchev–Trinajstić information content (AvgIpc) is 2.81. The van der Waals surface area contributed by atoms with E-state index < -0.39 is 17.3 Å². The van der Waals surface area contributed by atoms with Crippen molar-refractivity contribution in [2.24, 2.45) is 0 Å². The first-order chi connectivity index (χ1) is 12.1. The van der Waals surface area contributed by atoms with Crippen molar-refractivity contribution in [1.82, 2.24) is 9.97 Å². The number of rotatable bonds is 1. The van der Waals surface area contributed by atoms with Crippen molar-refractivity contribution in [1.29, 1.82) is 0 Å². The number of nitrogens with one attached hydrogen (secondary N) is 1. The van der Waals surface area contributed by atoms with Crippen molar-refractivity contribution in [3.05, 3.63) is 62.5 Å². The quantitative estimate of drug-likeness (QED) is 0.668. The van der Waals surface area contributed by atoms with Gasteiger partial charge in [-0.3, -0.25) is 0 Å². The number of nitrogens with zero attached hydrogens (tertiary/aromatic N) is 2. The van der Waals surface area contributed by atoms with E-state index in [0.717, 1.165) is 21.8 Å². The minimum atomic E-state index is -1.04. The first kappa shape index (κ1) is 16.2. The molecule has 0 radical (unpaired) electrons. The summed E-state index contributed by atoms with van der Waals surface area (Å²) in [5.41, 5.74) is 1.15. The summed E-state index contributed by atoms with van der Waals surface area (Å²) >= 11 is 3.48. The monoisotopic (exact) mass is 407 g/mol. The maximum atomic E-state index is 14.5. The van der Waals surface area contributed by atoms with Gasteiger partial charge in [0.15, 0.2) is 17.5 Å². The molecule has 25 heavy (non-hydrogen) atoms. The lowest BCUT2D eigenvalue weighted by Crippen LogP contribution is -2.25. The highest BCUT2D eigenvalue weighted by Crippen LogP contribution is 2.37. The number of halogens is 3. The number of aromatic amines is 1. The van der Waals surface area contributed by atoms with Gasteiger partial charge in [0.05, 0.1) is 24.1 Å². The molecule has 0 saturated heterocycles. The first-order valence-electron chi connectivity index (χ1n) is 7.57. The van der Waals surface area contributed by atoms with Gasteiger partial charge in [0.1, 0.15) is 0 Å². The van der Waals surface area contributed by atoms with Crippen LogP contribution in [0.25, 0.3) is 10.9 Å². The number of benzene rings is 2. The zero-order valence-electron chi connectivity index (χ0n) is 12.9. The van der Waals surface area contributed by atoms with Crippen molar-refractivity contribution in [2.75, 3.05) is 18.1 Å². The predicted octanol–water partition coefficient (Wildman–Crippen LogP) is 3.63. The molecule has 0 spiro atoms. The van der Waals surface area contributed by atoms with Crippen molar-refractivity contribution in [2.45, 2.75) is 6.61 Å². The van der Waals surface area contributed by atoms with Gasteiger partial charge in [0.25, 0.3) is 0 Å². The van der Waals surface area contributed by atoms with Crippen molar-refractivity contribution in [3.8, 4) is 0 Å². The standard InChI is InChI=1S/C17H12BrF2N3O2/c18-10-2-1-3-13-9(10)8-25-7-6-23(13)16-14-12(21-17(24)22-16)5-4-11(19)15(14)20/h1-5H,6-8H2,(H,21,22,24). The molecule has 0 unspecified atom stereocenters. The minimum absolute atomic E-state index is 0.0626. The maximum Gasteiger partial charge on any atom is 0.347 e. The minimum Gasteiger partial charge on any atom is -0.375 e. The lowest BCUT2D eigenvalue weighted by Gasteiger charge is -2.24. The highest BCUT2D eigenvalue weighted by Gasteiger charge is 2.24. The van der Waals surface area contributed by atoms with Gasteiger partial charge in [-0.2, -0.15) is 4.98 Å². The summed E-state index contributed by atoms with van der Waals surface area (Å²) < 4.78 is 34.7. The maximum absolute atomic E-state index is 14.5. The molecule has 5 nitrogen and oxygen atoms in total. The van der Waals surface area contributed by atoms with Crippen LogP contribution in [0, 0.1) is 11.6 Å². The predicted molar refractivity (Wildman–Crippen MR) is 93.1 cm³/mol. The van der Waals surface area contributed by atoms with Crippen LogP contribution in [0.15, 0.2) is 39.6 Å². The molecule has 0 atom stereocenters. The van der Waals surface area contributed by atoms with E-state index in [1.165, 1.54) is 6.07 Å². The topological polar surface area (TPSA) is 58.2 Å². The second-order valence-corrected chi connectivity index (χ2v) is 6.45. The van der Waals surface area contributed by atoms with E-state index >= 15 is 0 Å². The summed E-state index contributed by atoms with van der Waals surface area (Å²) in [7, 11) is 0. The van der Waals surface area contributed by atoms with Crippen molar-refractivity contribution in [3.63, 3.8) is 0 Å². The van der Waals surface area contributed by atoms with E-state index in [2.05, 4.69) is 25.9 Å². The molecule has 1 aliphatic rings. The normalized spacial score (nSPS) is 14.4. The Morgan fingerprint density at radius 3 is 2.92 bits per heavy atom. The number of ether oxygens (including phenoxy) is 1. The van der Waals surface area contributed by atoms with E-state index in [1.54, 1.807) is 4.90 Å². The molecular weight excluding hydrogens is 396 g/mol. The van der Waals surface area contributed by atoms with E-state index in [9.17, 15) is 13.6 Å². The summed E-state index contributed by atoms with van der Waals surface area (Å²) in [5, 5.41) is -0.0626. The van der Waals surface area contributed by atoms with Crippen LogP contribution in [0.4, 0.5) is 20.3 Å². The average molecular weight is 408 g/mol. The van der Waals surface area contributed by atoms with Gasteiger partial charge in [-0.15, -0.1) is 0 Å². The largest absolute Gasteiger partial charge is 0.375 e. The number of hydrogen-bond donors (Lipinski definition) is 1. The van der Waals surface area contributed by atoms with Gasteiger partial charge >= 0.3 is 5.69 Å². The molecule has 128 valence electrons. The molecule has 4 rings (SSSR count). The highest BCUT2D eigenvalue weighted by atomic mass is 79.9. The molecule has 0 bridgehead atoms. The molecule has 0 aliphatic carbocycles. The third kappa shape index (κ3) is 2.71. The van der Waals surface area contributed by atoms with Gasteiger partial charge in [-0.25, -0.2) is 13.6 Å². The molecule has 1 N–H and O–H groups in total. The Hall–Kier alpha value is -2.32. The second kappa shape index (κ2) is 6.20. The Kier molecular flexibility index (Phi) is 4.01. The zero-order chi connectivity index (χ0) is 17.6. The van der Waals surface area contributed by atoms with Gasteiger partial charge < -0.3 is 14.6 Å². The molecule has 0 fully saturated rings. The number of fused-ring (bicyclic) bond motifs is 2. The summed E-state index contributed by atoms with van der Waals surface area (Å²) in [6.07, 6.45) is 0. The second-order valence-electron chi connectivity index (χ2n) is 5.59. The van der Waals surface area contributed by atoms with Crippen LogP contribution in [0.1, 0.15) is 5.56 Å². The lowest BCUT2D eigenvalue weighted by atomic mass is 10.1. The van der Waals surface area contributed by atoms with Crippen molar-refractivity contribution < 1.29 is 13.5 Å². The molecule has 0 amide bonds. The van der Waals surface area contributed by atoms with Gasteiger partial charge in [-0.05, 0) is 24.3 Å². The van der Waals surface area contributed by atoms with Crippen LogP contribution in [-0.4, -0.2) is 23.1 Å². The number of hydrogen-bond acceptors (Lipinski definition) is 4. The molecule has 3 aromatic rings. The molecule has 2 heterocycles. The molecule has 1 aromatic heterocycles. The van der Waals surface area contributed by atoms with E-state index in [4.69, 9.17) is 4.74 Å². The summed E-state index contributed by atoms with van der Waals surface area (Å²) in [5.74, 6) is -1.97. The summed E-state index contributed by atoms with van der Waals surface area (Å²) in [4.78, 5) is 20.0. The SMILES string of the molecule is O=c1nc(N2CCOCc3c(Br)cccc32)c2c(F)c(F)ccc2[nH]1. The number of aromatic nitrogens is 2. The Labute approximate surface area is 149 Å². The lowest BCUT2D eigenvalue weighted by molar-refractivity contribution is 0.133. The first-order valence-corrected chi connectivity index (χ1v) is 8.36. The van der Waals surface area contributed by atoms with Crippen LogP contribution in [0.2, 0.25) is 0 Å². The Balaban J connectivity index is 2.04. The number of anilines is 2. The summed E-state index contributed by atoms with van der Waals surface area (Å²) in [6.45, 7) is 1.07. The molecule has 1 aliphatic heterocycles. The fourth-order valence-electron chi connectivity index (χ4n) is 2.98. The fraction of sp³-hybridized carbons (Fsp3) is 0.176. The Morgan fingerprint density at radius 1 is 1.24 bits per heavy atom. The van der Waals surface area contributed by atoms with Crippen LogP contribution in [-0.2, 0) is 11.3 Å². The fourth-order valence-corrected chi connectivity index (χ4v) is 3.45. The zero-order valence-corrected chi connectivity index (χ0v) is 14.4.